The molecule has 1 aliphatic rings. The third kappa shape index (κ3) is 5.41. The first-order chi connectivity index (χ1) is 9.96. The number of hydrogen-bond acceptors (Lipinski definition) is 7. The minimum Gasteiger partial charge on any atom is -0.472 e. The molecular formula is C14H26N4O2S. The summed E-state index contributed by atoms with van der Waals surface area (Å²) < 4.78 is 14.2. The molecule has 0 amide bonds. The van der Waals surface area contributed by atoms with E-state index in [9.17, 15) is 5.11 Å². The molecule has 2 N–H and O–H groups in total. The zero-order valence-electron chi connectivity index (χ0n) is 13.1. The summed E-state index contributed by atoms with van der Waals surface area (Å²) in [5.41, 5.74) is -0.0118. The first-order valence-electron chi connectivity index (χ1n) is 7.59. The fourth-order valence-corrected chi connectivity index (χ4v) is 2.74. The van der Waals surface area contributed by atoms with Crippen LogP contribution < -0.4 is 15.0 Å². The van der Waals surface area contributed by atoms with E-state index in [-0.39, 0.29) is 12.1 Å². The van der Waals surface area contributed by atoms with Crippen molar-refractivity contribution in [2.24, 2.45) is 0 Å². The highest BCUT2D eigenvalue weighted by Gasteiger charge is 2.20. The maximum absolute atomic E-state index is 9.97. The van der Waals surface area contributed by atoms with E-state index in [1.807, 2.05) is 0 Å². The van der Waals surface area contributed by atoms with Crippen molar-refractivity contribution >= 4 is 17.5 Å². The van der Waals surface area contributed by atoms with Crippen LogP contribution in [0.5, 0.6) is 5.88 Å². The average Bonchev–Trinajstić information content (AvgIpc) is 2.91. The Labute approximate surface area is 130 Å². The van der Waals surface area contributed by atoms with E-state index in [0.29, 0.717) is 12.4 Å². The maximum atomic E-state index is 9.97. The van der Waals surface area contributed by atoms with E-state index in [1.54, 1.807) is 0 Å². The van der Waals surface area contributed by atoms with E-state index < -0.39 is 6.10 Å². The molecule has 1 aromatic heterocycles. The van der Waals surface area contributed by atoms with Crippen molar-refractivity contribution in [3.05, 3.63) is 0 Å². The number of nitrogens with zero attached hydrogens (tertiary/aromatic N) is 3. The number of aliphatic hydroxyl groups excluding tert-OH is 1. The predicted molar refractivity (Wildman–Crippen MR) is 85.2 cm³/mol. The Morgan fingerprint density at radius 1 is 1.29 bits per heavy atom. The first-order valence-corrected chi connectivity index (χ1v) is 8.32. The molecule has 120 valence electrons. The van der Waals surface area contributed by atoms with E-state index in [2.05, 4.69) is 39.7 Å². The highest BCUT2D eigenvalue weighted by Crippen LogP contribution is 2.28. The molecule has 0 radical (unpaired) electrons. The summed E-state index contributed by atoms with van der Waals surface area (Å²) in [4.78, 5) is 2.22. The number of anilines is 1. The number of ether oxygens (including phenoxy) is 1. The molecule has 1 unspecified atom stereocenters. The minimum absolute atomic E-state index is 0.0118. The zero-order valence-corrected chi connectivity index (χ0v) is 13.9. The van der Waals surface area contributed by atoms with Gasteiger partial charge in [0.25, 0.3) is 5.88 Å². The van der Waals surface area contributed by atoms with Gasteiger partial charge in [-0.25, -0.2) is 0 Å². The number of β-amino-alcohol motifs (C(OH)–C–C–N with tert-alkyl or cyclic N) is 1. The topological polar surface area (TPSA) is 70.5 Å². The van der Waals surface area contributed by atoms with Crippen LogP contribution in [0.2, 0.25) is 0 Å². The van der Waals surface area contributed by atoms with Gasteiger partial charge in [0.05, 0.1) is 11.7 Å². The van der Waals surface area contributed by atoms with Gasteiger partial charge in [-0.1, -0.05) is 0 Å². The minimum atomic E-state index is -0.555. The SMILES string of the molecule is CC(C)(C)NCC(O)COc1nsnc1N1CCCCC1. The molecule has 1 saturated heterocycles. The molecule has 0 bridgehead atoms. The quantitative estimate of drug-likeness (QED) is 0.832. The van der Waals surface area contributed by atoms with Gasteiger partial charge in [-0.3, -0.25) is 0 Å². The molecule has 1 atom stereocenters. The molecule has 0 aromatic carbocycles. The smallest absolute Gasteiger partial charge is 0.270 e. The molecule has 0 spiro atoms. The molecule has 2 heterocycles. The van der Waals surface area contributed by atoms with E-state index in [4.69, 9.17) is 4.74 Å². The lowest BCUT2D eigenvalue weighted by Crippen LogP contribution is -2.42. The first kappa shape index (κ1) is 16.5. The fourth-order valence-electron chi connectivity index (χ4n) is 2.22. The van der Waals surface area contributed by atoms with E-state index in [0.717, 1.165) is 18.9 Å². The molecule has 0 aliphatic carbocycles. The molecule has 21 heavy (non-hydrogen) atoms. The van der Waals surface area contributed by atoms with Gasteiger partial charge in [-0.2, -0.15) is 4.37 Å². The van der Waals surface area contributed by atoms with Crippen LogP contribution in [0.1, 0.15) is 40.0 Å². The second-order valence-corrected chi connectivity index (χ2v) is 7.06. The third-order valence-electron chi connectivity index (χ3n) is 3.38. The molecule has 7 heteroatoms. The Balaban J connectivity index is 1.82. The second kappa shape index (κ2) is 7.38. The number of hydrogen-bond donors (Lipinski definition) is 2. The van der Waals surface area contributed by atoms with Crippen molar-refractivity contribution in [3.8, 4) is 5.88 Å². The highest BCUT2D eigenvalue weighted by molar-refractivity contribution is 6.99. The van der Waals surface area contributed by atoms with Crippen LogP contribution in [0, 0.1) is 0 Å². The van der Waals surface area contributed by atoms with Crippen molar-refractivity contribution in [1.82, 2.24) is 14.1 Å². The summed E-state index contributed by atoms with van der Waals surface area (Å²) in [5.74, 6) is 1.38. The van der Waals surface area contributed by atoms with Gasteiger partial charge in [0.1, 0.15) is 12.7 Å². The Kier molecular flexibility index (Phi) is 5.78. The van der Waals surface area contributed by atoms with Gasteiger partial charge in [-0.15, -0.1) is 4.37 Å². The van der Waals surface area contributed by atoms with Gasteiger partial charge in [-0.05, 0) is 40.0 Å². The van der Waals surface area contributed by atoms with Crippen LogP contribution in [0.25, 0.3) is 0 Å². The summed E-state index contributed by atoms with van der Waals surface area (Å²) in [7, 11) is 0. The van der Waals surface area contributed by atoms with Crippen molar-refractivity contribution < 1.29 is 9.84 Å². The van der Waals surface area contributed by atoms with Crippen LogP contribution in [-0.2, 0) is 0 Å². The van der Waals surface area contributed by atoms with Gasteiger partial charge < -0.3 is 20.1 Å². The van der Waals surface area contributed by atoms with Crippen LogP contribution >= 0.6 is 11.7 Å². The molecule has 2 rings (SSSR count). The molecular weight excluding hydrogens is 288 g/mol. The van der Waals surface area contributed by atoms with Crippen molar-refractivity contribution in [1.29, 1.82) is 0 Å². The summed E-state index contributed by atoms with van der Waals surface area (Å²) in [6.45, 7) is 8.96. The second-order valence-electron chi connectivity index (χ2n) is 6.54. The Morgan fingerprint density at radius 3 is 2.67 bits per heavy atom. The number of piperidine rings is 1. The van der Waals surface area contributed by atoms with E-state index in [1.165, 1.54) is 31.0 Å². The monoisotopic (exact) mass is 314 g/mol. The largest absolute Gasteiger partial charge is 0.472 e. The third-order valence-corrected chi connectivity index (χ3v) is 3.88. The molecule has 0 saturated carbocycles. The zero-order chi connectivity index (χ0) is 15.3. The van der Waals surface area contributed by atoms with Crippen LogP contribution in [0.4, 0.5) is 5.82 Å². The lowest BCUT2D eigenvalue weighted by molar-refractivity contribution is 0.0984. The normalized spacial score (nSPS) is 17.8. The Morgan fingerprint density at radius 2 is 2.00 bits per heavy atom. The molecule has 6 nitrogen and oxygen atoms in total. The lowest BCUT2D eigenvalue weighted by Gasteiger charge is -2.27. The predicted octanol–water partition coefficient (Wildman–Crippen LogP) is 1.66. The van der Waals surface area contributed by atoms with Crippen molar-refractivity contribution in [2.75, 3.05) is 31.1 Å². The fraction of sp³-hybridized carbons (Fsp3) is 0.857. The summed E-state index contributed by atoms with van der Waals surface area (Å²) >= 11 is 1.17. The number of aromatic nitrogens is 2. The van der Waals surface area contributed by atoms with Crippen LogP contribution in [0.15, 0.2) is 0 Å². The van der Waals surface area contributed by atoms with Gasteiger partial charge in [0.2, 0.25) is 5.82 Å². The number of aliphatic hydroxyl groups is 1. The Hall–Kier alpha value is -0.920. The highest BCUT2D eigenvalue weighted by atomic mass is 32.1. The van der Waals surface area contributed by atoms with Crippen molar-refractivity contribution in [2.45, 2.75) is 51.7 Å². The van der Waals surface area contributed by atoms with Gasteiger partial charge in [0.15, 0.2) is 0 Å². The van der Waals surface area contributed by atoms with Crippen LogP contribution in [0.3, 0.4) is 0 Å². The molecule has 1 aromatic rings. The average molecular weight is 314 g/mol. The summed E-state index contributed by atoms with van der Waals surface area (Å²) in [6.07, 6.45) is 3.10. The standard InChI is InChI=1S/C14H26N4O2S/c1-14(2,3)15-9-11(19)10-20-13-12(16-21-17-13)18-7-5-4-6-8-18/h11,15,19H,4-10H2,1-3H3. The maximum Gasteiger partial charge on any atom is 0.270 e. The van der Waals surface area contributed by atoms with Gasteiger partial charge in [0, 0.05) is 25.2 Å². The Bertz CT molecular complexity index is 427. The van der Waals surface area contributed by atoms with Gasteiger partial charge >= 0.3 is 0 Å². The van der Waals surface area contributed by atoms with E-state index >= 15 is 0 Å². The van der Waals surface area contributed by atoms with Crippen molar-refractivity contribution in [3.63, 3.8) is 0 Å². The summed E-state index contributed by atoms with van der Waals surface area (Å²) in [6, 6.07) is 0. The molecule has 1 fully saturated rings. The lowest BCUT2D eigenvalue weighted by atomic mass is 10.1. The number of rotatable bonds is 6. The van der Waals surface area contributed by atoms with Crippen LogP contribution in [-0.4, -0.2) is 51.7 Å². The molecule has 1 aliphatic heterocycles. The number of nitrogens with one attached hydrogen (secondary N) is 1. The summed E-state index contributed by atoms with van der Waals surface area (Å²) in [5, 5.41) is 13.2.